The molecule has 6 rings (SSSR count). The van der Waals surface area contributed by atoms with Gasteiger partial charge in [0.25, 0.3) is 0 Å². The molecular formula is C30H22O10. The van der Waals surface area contributed by atoms with Gasteiger partial charge in [0, 0.05) is 23.1 Å². The lowest BCUT2D eigenvalue weighted by atomic mass is 9.85. The Morgan fingerprint density at radius 3 is 2.40 bits per heavy atom. The lowest BCUT2D eigenvalue weighted by Gasteiger charge is -2.25. The van der Waals surface area contributed by atoms with E-state index in [9.17, 15) is 19.5 Å². The van der Waals surface area contributed by atoms with Crippen molar-refractivity contribution in [1.82, 2.24) is 0 Å². The Balaban J connectivity index is 1.58. The monoisotopic (exact) mass is 542 g/mol. The van der Waals surface area contributed by atoms with Crippen LogP contribution in [0, 0.1) is 0 Å². The van der Waals surface area contributed by atoms with Crippen molar-refractivity contribution >= 4 is 27.9 Å². The summed E-state index contributed by atoms with van der Waals surface area (Å²) in [5.41, 5.74) is 0.496. The second-order valence-corrected chi connectivity index (χ2v) is 9.17. The molecule has 0 saturated carbocycles. The number of methoxy groups -OCH3 is 3. The van der Waals surface area contributed by atoms with E-state index < -0.39 is 23.1 Å². The number of hydrogen-bond acceptors (Lipinski definition) is 10. The number of fused-ring (bicyclic) bond motifs is 4. The Bertz CT molecular complexity index is 1950. The zero-order chi connectivity index (χ0) is 28.1. The van der Waals surface area contributed by atoms with Crippen molar-refractivity contribution in [2.24, 2.45) is 0 Å². The number of rotatable bonds is 5. The largest absolute Gasteiger partial charge is 0.507 e. The lowest BCUT2D eigenvalue weighted by Crippen LogP contribution is -2.25. The molecule has 0 bridgehead atoms. The van der Waals surface area contributed by atoms with Crippen molar-refractivity contribution in [2.75, 3.05) is 21.3 Å². The third-order valence-electron chi connectivity index (χ3n) is 7.05. The van der Waals surface area contributed by atoms with Gasteiger partial charge in [0.15, 0.2) is 16.9 Å². The SMILES string of the molecule is COc1ccc2occ([C@H]3CC(=O)Oc4cc(O)c5c(=O)c(-c6ccc(OC)c(OC)c6)coc5c43)c(=O)c2c1. The Kier molecular flexibility index (Phi) is 5.95. The molecule has 40 heavy (non-hydrogen) atoms. The predicted molar refractivity (Wildman–Crippen MR) is 144 cm³/mol. The fourth-order valence-corrected chi connectivity index (χ4v) is 5.09. The summed E-state index contributed by atoms with van der Waals surface area (Å²) < 4.78 is 33.0. The van der Waals surface area contributed by atoms with Crippen molar-refractivity contribution in [2.45, 2.75) is 12.3 Å². The number of ether oxygens (including phenoxy) is 4. The summed E-state index contributed by atoms with van der Waals surface area (Å²) >= 11 is 0. The second kappa shape index (κ2) is 9.49. The molecule has 0 spiro atoms. The molecule has 10 nitrogen and oxygen atoms in total. The minimum Gasteiger partial charge on any atom is -0.507 e. The molecular weight excluding hydrogens is 520 g/mol. The zero-order valence-corrected chi connectivity index (χ0v) is 21.6. The molecule has 0 radical (unpaired) electrons. The molecule has 0 saturated heterocycles. The van der Waals surface area contributed by atoms with Gasteiger partial charge >= 0.3 is 5.97 Å². The Morgan fingerprint density at radius 1 is 0.850 bits per heavy atom. The van der Waals surface area contributed by atoms with Crippen LogP contribution in [0.3, 0.4) is 0 Å². The van der Waals surface area contributed by atoms with Gasteiger partial charge in [-0.1, -0.05) is 6.07 Å². The quantitative estimate of drug-likeness (QED) is 0.245. The van der Waals surface area contributed by atoms with Crippen LogP contribution in [0.1, 0.15) is 23.5 Å². The van der Waals surface area contributed by atoms with E-state index in [4.69, 9.17) is 27.8 Å². The molecule has 1 aliphatic heterocycles. The maximum atomic E-state index is 13.7. The summed E-state index contributed by atoms with van der Waals surface area (Å²) in [5, 5.41) is 11.0. The Morgan fingerprint density at radius 2 is 1.65 bits per heavy atom. The summed E-state index contributed by atoms with van der Waals surface area (Å²) in [6, 6.07) is 10.9. The Labute approximate surface area is 225 Å². The number of aromatic hydroxyl groups is 1. The van der Waals surface area contributed by atoms with Crippen LogP contribution in [-0.4, -0.2) is 32.4 Å². The average Bonchev–Trinajstić information content (AvgIpc) is 2.96. The van der Waals surface area contributed by atoms with E-state index in [-0.39, 0.29) is 50.6 Å². The van der Waals surface area contributed by atoms with E-state index in [1.165, 1.54) is 39.9 Å². The van der Waals surface area contributed by atoms with Gasteiger partial charge in [-0.25, -0.2) is 0 Å². The first-order chi connectivity index (χ1) is 19.3. The first-order valence-electron chi connectivity index (χ1n) is 12.2. The molecule has 0 fully saturated rings. The highest BCUT2D eigenvalue weighted by atomic mass is 16.5. The maximum absolute atomic E-state index is 13.7. The number of benzene rings is 3. The molecule has 0 amide bonds. The number of hydrogen-bond donors (Lipinski definition) is 1. The van der Waals surface area contributed by atoms with Gasteiger partial charge in [-0.3, -0.25) is 14.4 Å². The first kappa shape index (κ1) is 25.1. The highest BCUT2D eigenvalue weighted by molar-refractivity contribution is 5.94. The zero-order valence-electron chi connectivity index (χ0n) is 21.6. The molecule has 10 heteroatoms. The van der Waals surface area contributed by atoms with Gasteiger partial charge in [-0.05, 0) is 35.9 Å². The standard InChI is InChI=1S/C30H22O10/c1-35-15-5-7-21-17(9-15)28(33)19(13-38-21)16-10-25(32)40-24-11-20(31)27-29(34)18(12-39-30(27)26(16)24)14-4-6-22(36-2)23(8-14)37-3/h4-9,11-13,16,31H,10H2,1-3H3/t16-/m1/s1. The van der Waals surface area contributed by atoms with E-state index in [2.05, 4.69) is 0 Å². The van der Waals surface area contributed by atoms with E-state index in [0.717, 1.165) is 0 Å². The van der Waals surface area contributed by atoms with Crippen LogP contribution in [0.5, 0.6) is 28.7 Å². The molecule has 3 heterocycles. The highest BCUT2D eigenvalue weighted by Gasteiger charge is 2.35. The van der Waals surface area contributed by atoms with E-state index in [1.807, 2.05) is 0 Å². The van der Waals surface area contributed by atoms with Gasteiger partial charge in [0.1, 0.15) is 40.1 Å². The average molecular weight is 542 g/mol. The van der Waals surface area contributed by atoms with Crippen LogP contribution in [0.25, 0.3) is 33.1 Å². The molecule has 1 N–H and O–H groups in total. The second-order valence-electron chi connectivity index (χ2n) is 9.17. The van der Waals surface area contributed by atoms with Crippen molar-refractivity contribution in [3.63, 3.8) is 0 Å². The summed E-state index contributed by atoms with van der Waals surface area (Å²) in [5.74, 6) is -0.603. The van der Waals surface area contributed by atoms with Gasteiger partial charge in [-0.2, -0.15) is 0 Å². The molecule has 0 unspecified atom stereocenters. The third kappa shape index (κ3) is 3.84. The molecule has 1 aliphatic rings. The molecule has 1 atom stereocenters. The van der Waals surface area contributed by atoms with Gasteiger partial charge in [-0.15, -0.1) is 0 Å². The minimum absolute atomic E-state index is 0.00753. The van der Waals surface area contributed by atoms with Gasteiger partial charge < -0.3 is 32.9 Å². The van der Waals surface area contributed by atoms with Gasteiger partial charge in [0.2, 0.25) is 5.43 Å². The van der Waals surface area contributed by atoms with Gasteiger partial charge in [0.05, 0.1) is 45.0 Å². The predicted octanol–water partition coefficient (Wildman–Crippen LogP) is 4.74. The number of phenols is 1. The van der Waals surface area contributed by atoms with Crippen LogP contribution in [0.15, 0.2) is 73.4 Å². The third-order valence-corrected chi connectivity index (χ3v) is 7.05. The van der Waals surface area contributed by atoms with E-state index in [1.54, 1.807) is 36.4 Å². The van der Waals surface area contributed by atoms with Crippen LogP contribution in [-0.2, 0) is 4.79 Å². The number of phenolic OH excluding ortho intramolecular Hbond substituents is 1. The van der Waals surface area contributed by atoms with Crippen LogP contribution in [0.2, 0.25) is 0 Å². The van der Waals surface area contributed by atoms with E-state index in [0.29, 0.717) is 28.4 Å². The normalized spacial score (nSPS) is 14.6. The number of carbonyl (C=O) groups excluding carboxylic acids is 1. The molecule has 5 aromatic rings. The Hall–Kier alpha value is -5.25. The van der Waals surface area contributed by atoms with Crippen molar-refractivity contribution in [3.8, 4) is 39.9 Å². The molecule has 3 aromatic carbocycles. The van der Waals surface area contributed by atoms with Crippen molar-refractivity contribution in [3.05, 3.63) is 86.6 Å². The lowest BCUT2D eigenvalue weighted by molar-refractivity contribution is -0.135. The van der Waals surface area contributed by atoms with Crippen LogP contribution < -0.4 is 29.8 Å². The molecule has 0 aliphatic carbocycles. The molecule has 2 aromatic heterocycles. The first-order valence-corrected chi connectivity index (χ1v) is 12.2. The van der Waals surface area contributed by atoms with Crippen LogP contribution in [0.4, 0.5) is 0 Å². The molecule has 202 valence electrons. The van der Waals surface area contributed by atoms with Crippen molar-refractivity contribution < 1.29 is 37.7 Å². The minimum atomic E-state index is -0.874. The highest BCUT2D eigenvalue weighted by Crippen LogP contribution is 2.45. The number of carbonyl (C=O) groups is 1. The number of esters is 1. The summed E-state index contributed by atoms with van der Waals surface area (Å²) in [7, 11) is 4.46. The fourth-order valence-electron chi connectivity index (χ4n) is 5.09. The van der Waals surface area contributed by atoms with Crippen molar-refractivity contribution in [1.29, 1.82) is 0 Å². The van der Waals surface area contributed by atoms with Crippen LogP contribution >= 0.6 is 0 Å². The summed E-state index contributed by atoms with van der Waals surface area (Å²) in [6.07, 6.45) is 2.33. The summed E-state index contributed by atoms with van der Waals surface area (Å²) in [4.78, 5) is 39.9. The van der Waals surface area contributed by atoms with E-state index >= 15 is 0 Å². The smallest absolute Gasteiger partial charge is 0.312 e. The summed E-state index contributed by atoms with van der Waals surface area (Å²) in [6.45, 7) is 0. The maximum Gasteiger partial charge on any atom is 0.312 e. The topological polar surface area (TPSA) is 135 Å². The fraction of sp³-hybridized carbons (Fsp3) is 0.167.